The maximum Gasteiger partial charge on any atom is 0.365 e. The lowest BCUT2D eigenvalue weighted by atomic mass is 10.1. The first-order chi connectivity index (χ1) is 17.7. The number of aryl methyl sites for hydroxylation is 3. The maximum atomic E-state index is 11.1. The highest BCUT2D eigenvalue weighted by atomic mass is 35.5. The predicted octanol–water partition coefficient (Wildman–Crippen LogP) is 6.29. The molecular formula is C28H35ClN4O4Si. The normalized spacial score (nSPS) is 10.0. The average Bonchev–Trinajstić information content (AvgIpc) is 3.25. The van der Waals surface area contributed by atoms with Crippen molar-refractivity contribution in [2.75, 3.05) is 0 Å². The number of hydrogen-bond acceptors (Lipinski definition) is 5. The minimum absolute atomic E-state index is 0.328. The lowest BCUT2D eigenvalue weighted by Crippen LogP contribution is -2.15. The Hall–Kier alpha value is -3.82. The van der Waals surface area contributed by atoms with Crippen LogP contribution in [0.4, 0.5) is 0 Å². The Kier molecular flexibility index (Phi) is 13.1. The summed E-state index contributed by atoms with van der Waals surface area (Å²) >= 11 is 5.24. The van der Waals surface area contributed by atoms with Crippen LogP contribution in [0.3, 0.4) is 0 Å². The summed E-state index contributed by atoms with van der Waals surface area (Å²) in [6, 6.07) is 21.5. The second kappa shape index (κ2) is 15.4. The zero-order chi connectivity index (χ0) is 28.9. The van der Waals surface area contributed by atoms with E-state index in [-0.39, 0.29) is 5.69 Å². The van der Waals surface area contributed by atoms with Crippen molar-refractivity contribution in [1.82, 2.24) is 20.2 Å². The molecule has 1 heterocycles. The van der Waals surface area contributed by atoms with E-state index in [0.717, 1.165) is 22.4 Å². The standard InChI is InChI=1S/C8H7ClO.C8H8N4O.C8H8O2.C4H12Si/c1-6-3-2-4-7(5-6)8(9)10;1-6-3-2-4-7(5-6)12-8(13)9-10-11-12;1-6-3-2-4-7(5-6)8(9)10;1-5(2,3)4/h2-5H,1H3;2-5H,1H3,(H,9,11,13);2-5H,1H3,(H,9,10);1-4H3. The molecule has 0 spiro atoms. The molecule has 4 rings (SSSR count). The number of aromatic carboxylic acids is 1. The number of nitrogens with zero attached hydrogens (tertiary/aromatic N) is 3. The Labute approximate surface area is 229 Å². The number of tetrazole rings is 1. The van der Waals surface area contributed by atoms with Gasteiger partial charge in [-0.2, -0.15) is 4.68 Å². The summed E-state index contributed by atoms with van der Waals surface area (Å²) in [5.41, 5.74) is 4.39. The number of hydrogen-bond donors (Lipinski definition) is 2. The quantitative estimate of drug-likeness (QED) is 0.227. The summed E-state index contributed by atoms with van der Waals surface area (Å²) in [5, 5.41) is 17.4. The monoisotopic (exact) mass is 554 g/mol. The van der Waals surface area contributed by atoms with Crippen molar-refractivity contribution in [3.05, 3.63) is 111 Å². The fourth-order valence-corrected chi connectivity index (χ4v) is 2.79. The fourth-order valence-electron chi connectivity index (χ4n) is 2.67. The molecule has 0 saturated heterocycles. The Bertz CT molecular complexity index is 1330. The molecule has 2 N–H and O–H groups in total. The van der Waals surface area contributed by atoms with E-state index in [1.165, 1.54) is 4.68 Å². The van der Waals surface area contributed by atoms with Crippen LogP contribution in [-0.2, 0) is 0 Å². The van der Waals surface area contributed by atoms with Gasteiger partial charge in [0.05, 0.1) is 11.3 Å². The first-order valence-corrected chi connectivity index (χ1v) is 16.2. The molecule has 0 aliphatic carbocycles. The van der Waals surface area contributed by atoms with E-state index < -0.39 is 19.3 Å². The van der Waals surface area contributed by atoms with E-state index in [9.17, 15) is 14.4 Å². The van der Waals surface area contributed by atoms with Crippen LogP contribution < -0.4 is 5.69 Å². The number of aromatic nitrogens is 4. The Balaban J connectivity index is 0.000000265. The molecule has 1 aromatic heterocycles. The molecule has 10 heteroatoms. The van der Waals surface area contributed by atoms with Gasteiger partial charge in [0.1, 0.15) is 0 Å². The number of rotatable bonds is 3. The van der Waals surface area contributed by atoms with E-state index >= 15 is 0 Å². The van der Waals surface area contributed by atoms with Crippen molar-refractivity contribution >= 4 is 30.9 Å². The molecule has 38 heavy (non-hydrogen) atoms. The van der Waals surface area contributed by atoms with Gasteiger partial charge < -0.3 is 5.11 Å². The van der Waals surface area contributed by atoms with E-state index in [2.05, 4.69) is 41.7 Å². The number of carbonyl (C=O) groups excluding carboxylic acids is 1. The van der Waals surface area contributed by atoms with Crippen LogP contribution in [0.5, 0.6) is 0 Å². The van der Waals surface area contributed by atoms with Gasteiger partial charge in [-0.15, -0.1) is 0 Å². The minimum atomic E-state index is -0.872. The van der Waals surface area contributed by atoms with Gasteiger partial charge in [-0.1, -0.05) is 79.8 Å². The molecule has 0 bridgehead atoms. The van der Waals surface area contributed by atoms with Gasteiger partial charge in [0.15, 0.2) is 0 Å². The van der Waals surface area contributed by atoms with E-state index in [1.807, 2.05) is 57.2 Å². The zero-order valence-corrected chi connectivity index (χ0v) is 24.6. The third kappa shape index (κ3) is 13.5. The number of benzene rings is 3. The van der Waals surface area contributed by atoms with Crippen LogP contribution in [0.15, 0.2) is 77.6 Å². The van der Waals surface area contributed by atoms with Gasteiger partial charge in [-0.3, -0.25) is 4.79 Å². The number of carboxylic acid groups (broad SMARTS) is 1. The number of halogens is 1. The first-order valence-electron chi connectivity index (χ1n) is 11.8. The first kappa shape index (κ1) is 32.2. The second-order valence-corrected chi connectivity index (χ2v) is 16.4. The summed E-state index contributed by atoms with van der Waals surface area (Å²) in [5.74, 6) is -0.872. The Morgan fingerprint density at radius 3 is 1.61 bits per heavy atom. The molecule has 202 valence electrons. The fraction of sp³-hybridized carbons (Fsp3) is 0.250. The van der Waals surface area contributed by atoms with Crippen LogP contribution in [0.25, 0.3) is 5.69 Å². The van der Waals surface area contributed by atoms with Gasteiger partial charge in [0, 0.05) is 13.6 Å². The number of carboxylic acids is 1. The van der Waals surface area contributed by atoms with Gasteiger partial charge in [0.2, 0.25) is 0 Å². The summed E-state index contributed by atoms with van der Waals surface area (Å²) in [6.45, 7) is 15.0. The van der Waals surface area contributed by atoms with Crippen molar-refractivity contribution in [2.45, 2.75) is 47.0 Å². The van der Waals surface area contributed by atoms with Crippen LogP contribution >= 0.6 is 11.6 Å². The molecule has 0 fully saturated rings. The van der Waals surface area contributed by atoms with E-state index in [4.69, 9.17) is 16.7 Å². The molecule has 4 aromatic rings. The van der Waals surface area contributed by atoms with Crippen LogP contribution in [-0.4, -0.2) is 44.6 Å². The van der Waals surface area contributed by atoms with Crippen LogP contribution in [0, 0.1) is 20.8 Å². The van der Waals surface area contributed by atoms with Crippen LogP contribution in [0.1, 0.15) is 37.4 Å². The molecule has 0 aliphatic heterocycles. The molecule has 0 unspecified atom stereocenters. The molecule has 0 saturated carbocycles. The van der Waals surface area contributed by atoms with E-state index in [0.29, 0.717) is 11.1 Å². The Morgan fingerprint density at radius 2 is 1.26 bits per heavy atom. The highest BCUT2D eigenvalue weighted by Gasteiger charge is 2.02. The van der Waals surface area contributed by atoms with Crippen molar-refractivity contribution in [3.8, 4) is 5.69 Å². The molecule has 0 radical (unpaired) electrons. The molecule has 8 nitrogen and oxygen atoms in total. The van der Waals surface area contributed by atoms with Crippen molar-refractivity contribution in [1.29, 1.82) is 0 Å². The third-order valence-corrected chi connectivity index (χ3v) is 4.45. The third-order valence-electron chi connectivity index (χ3n) is 4.23. The van der Waals surface area contributed by atoms with Gasteiger partial charge in [-0.25, -0.2) is 14.7 Å². The average molecular weight is 555 g/mol. The molecule has 0 aliphatic rings. The lowest BCUT2D eigenvalue weighted by molar-refractivity contribution is 0.0696. The molecular weight excluding hydrogens is 520 g/mol. The maximum absolute atomic E-state index is 11.1. The van der Waals surface area contributed by atoms with Crippen molar-refractivity contribution in [3.63, 3.8) is 0 Å². The SMILES string of the molecule is C[Si](C)(C)C.Cc1cccc(-n2nn[nH]c2=O)c1.Cc1cccc(C(=O)Cl)c1.Cc1cccc(C(=O)O)c1. The highest BCUT2D eigenvalue weighted by molar-refractivity contribution is 6.74. The number of aromatic amines is 1. The van der Waals surface area contributed by atoms with Gasteiger partial charge in [-0.05, 0) is 78.7 Å². The molecule has 0 atom stereocenters. The molecule has 0 amide bonds. The highest BCUT2D eigenvalue weighted by Crippen LogP contribution is 2.07. The van der Waals surface area contributed by atoms with Crippen molar-refractivity contribution in [2.24, 2.45) is 0 Å². The lowest BCUT2D eigenvalue weighted by Gasteiger charge is -2.01. The second-order valence-electron chi connectivity index (χ2n) is 10.1. The smallest absolute Gasteiger partial charge is 0.365 e. The summed E-state index contributed by atoms with van der Waals surface area (Å²) in [4.78, 5) is 32.0. The zero-order valence-electron chi connectivity index (χ0n) is 22.8. The number of H-pyrrole nitrogens is 1. The van der Waals surface area contributed by atoms with Gasteiger partial charge >= 0.3 is 11.7 Å². The summed E-state index contributed by atoms with van der Waals surface area (Å²) in [6.07, 6.45) is 0. The largest absolute Gasteiger partial charge is 0.478 e. The number of carbonyl (C=O) groups is 2. The predicted molar refractivity (Wildman–Crippen MR) is 155 cm³/mol. The summed E-state index contributed by atoms with van der Waals surface area (Å²) < 4.78 is 1.22. The van der Waals surface area contributed by atoms with Crippen molar-refractivity contribution < 1.29 is 14.7 Å². The van der Waals surface area contributed by atoms with E-state index in [1.54, 1.807) is 36.4 Å². The summed E-state index contributed by atoms with van der Waals surface area (Å²) in [7, 11) is -0.611. The topological polar surface area (TPSA) is 118 Å². The Morgan fingerprint density at radius 1 is 0.816 bits per heavy atom. The minimum Gasteiger partial charge on any atom is -0.478 e. The van der Waals surface area contributed by atoms with Crippen LogP contribution in [0.2, 0.25) is 26.2 Å². The van der Waals surface area contributed by atoms with Gasteiger partial charge in [0.25, 0.3) is 5.24 Å². The number of nitrogens with one attached hydrogen (secondary N) is 1. The molecule has 3 aromatic carbocycles.